The van der Waals surface area contributed by atoms with E-state index < -0.39 is 0 Å². The van der Waals surface area contributed by atoms with Gasteiger partial charge in [-0.1, -0.05) is 19.8 Å². The van der Waals surface area contributed by atoms with Crippen molar-refractivity contribution in [3.05, 3.63) is 17.7 Å². The van der Waals surface area contributed by atoms with Gasteiger partial charge in [0, 0.05) is 44.8 Å². The first-order valence-electron chi connectivity index (χ1n) is 11.2. The molecule has 160 valence electrons. The van der Waals surface area contributed by atoms with Crippen molar-refractivity contribution in [3.8, 4) is 0 Å². The van der Waals surface area contributed by atoms with Gasteiger partial charge >= 0.3 is 0 Å². The molecule has 1 amide bonds. The molecule has 29 heavy (non-hydrogen) atoms. The molecule has 1 aromatic rings. The van der Waals surface area contributed by atoms with Gasteiger partial charge in [-0.3, -0.25) is 10.2 Å². The Balaban J connectivity index is 1.62. The molecule has 0 aliphatic carbocycles. The lowest BCUT2D eigenvalue weighted by Crippen LogP contribution is -2.46. The van der Waals surface area contributed by atoms with Gasteiger partial charge < -0.3 is 20.4 Å². The molecule has 3 rings (SSSR count). The highest BCUT2D eigenvalue weighted by Gasteiger charge is 2.24. The molecule has 2 aliphatic rings. The zero-order valence-corrected chi connectivity index (χ0v) is 18.0. The van der Waals surface area contributed by atoms with E-state index in [2.05, 4.69) is 27.4 Å². The number of nitrogens with one attached hydrogen (secondary N) is 3. The Morgan fingerprint density at radius 1 is 1.14 bits per heavy atom. The molecule has 7 heteroatoms. The zero-order chi connectivity index (χ0) is 20.6. The normalized spacial score (nSPS) is 18.9. The van der Waals surface area contributed by atoms with Crippen LogP contribution in [-0.2, 0) is 4.79 Å². The van der Waals surface area contributed by atoms with Crippen LogP contribution in [0, 0.1) is 5.41 Å². The van der Waals surface area contributed by atoms with Gasteiger partial charge in [-0.2, -0.15) is 0 Å². The molecule has 3 heterocycles. The number of rotatable bonds is 7. The third-order valence-corrected chi connectivity index (χ3v) is 6.01. The molecular weight excluding hydrogens is 364 g/mol. The highest BCUT2D eigenvalue weighted by atomic mass is 16.1. The average molecular weight is 401 g/mol. The number of amides is 1. The van der Waals surface area contributed by atoms with E-state index in [1.807, 2.05) is 12.1 Å². The first-order chi connectivity index (χ1) is 14.1. The monoisotopic (exact) mass is 400 g/mol. The lowest BCUT2D eigenvalue weighted by molar-refractivity contribution is -0.115. The van der Waals surface area contributed by atoms with Crippen LogP contribution in [0.5, 0.6) is 0 Å². The number of piperidine rings is 1. The molecule has 0 bridgehead atoms. The third kappa shape index (κ3) is 5.69. The summed E-state index contributed by atoms with van der Waals surface area (Å²) < 4.78 is 0. The summed E-state index contributed by atoms with van der Waals surface area (Å²) in [5.74, 6) is 1.22. The van der Waals surface area contributed by atoms with E-state index in [1.54, 1.807) is 7.05 Å². The Morgan fingerprint density at radius 2 is 1.83 bits per heavy atom. The smallest absolute Gasteiger partial charge is 0.270 e. The number of hydrogen-bond acceptors (Lipinski definition) is 6. The van der Waals surface area contributed by atoms with Gasteiger partial charge in [0.2, 0.25) is 0 Å². The standard InChI is InChI=1S/C22H36N6O/c1-3-12-27-15-10-17(11-16-27)25-22(29)20(23)18-8-9-19(26-21(18)24-2)28-13-6-4-5-7-14-28/h8-9,17,23H,3-7,10-16H2,1-2H3,(H,24,26)(H,25,29). The number of likely N-dealkylation sites (tertiary alicyclic amines) is 1. The summed E-state index contributed by atoms with van der Waals surface area (Å²) in [6, 6.07) is 3.97. The molecule has 2 fully saturated rings. The highest BCUT2D eigenvalue weighted by Crippen LogP contribution is 2.22. The van der Waals surface area contributed by atoms with Gasteiger partial charge in [0.1, 0.15) is 17.3 Å². The summed E-state index contributed by atoms with van der Waals surface area (Å²) in [6.07, 6.45) is 7.98. The topological polar surface area (TPSA) is 84.4 Å². The molecule has 0 radical (unpaired) electrons. The molecule has 3 N–H and O–H groups in total. The first-order valence-corrected chi connectivity index (χ1v) is 11.2. The van der Waals surface area contributed by atoms with Crippen molar-refractivity contribution in [2.45, 2.75) is 57.9 Å². The van der Waals surface area contributed by atoms with Crippen LogP contribution in [0.1, 0.15) is 57.4 Å². The minimum Gasteiger partial charge on any atom is -0.373 e. The third-order valence-electron chi connectivity index (χ3n) is 6.01. The van der Waals surface area contributed by atoms with Gasteiger partial charge in [0.25, 0.3) is 5.91 Å². The van der Waals surface area contributed by atoms with Crippen LogP contribution in [0.3, 0.4) is 0 Å². The van der Waals surface area contributed by atoms with Crippen LogP contribution in [-0.4, -0.2) is 67.3 Å². The maximum absolute atomic E-state index is 12.7. The van der Waals surface area contributed by atoms with E-state index in [0.717, 1.165) is 57.8 Å². The molecule has 0 atom stereocenters. The summed E-state index contributed by atoms with van der Waals surface area (Å²) in [4.78, 5) is 22.2. The lowest BCUT2D eigenvalue weighted by Gasteiger charge is -2.32. The van der Waals surface area contributed by atoms with E-state index in [4.69, 9.17) is 10.4 Å². The Morgan fingerprint density at radius 3 is 2.45 bits per heavy atom. The minimum absolute atomic E-state index is 0.0137. The molecule has 2 saturated heterocycles. The average Bonchev–Trinajstić information content (AvgIpc) is 3.04. The second kappa shape index (κ2) is 10.6. The number of pyridine rings is 1. The summed E-state index contributed by atoms with van der Waals surface area (Å²) in [7, 11) is 1.80. The molecule has 0 aromatic carbocycles. The maximum Gasteiger partial charge on any atom is 0.270 e. The SMILES string of the molecule is CCCN1CCC(NC(=O)C(=N)c2ccc(N3CCCCCC3)nc2NC)CC1. The Bertz CT molecular complexity index is 691. The van der Waals surface area contributed by atoms with E-state index in [9.17, 15) is 4.79 Å². The lowest BCUT2D eigenvalue weighted by atomic mass is 10.0. The minimum atomic E-state index is -0.306. The number of carbonyl (C=O) groups excluding carboxylic acids is 1. The van der Waals surface area contributed by atoms with E-state index in [1.165, 1.54) is 25.7 Å². The number of anilines is 2. The van der Waals surface area contributed by atoms with Gasteiger partial charge in [-0.25, -0.2) is 4.98 Å². The highest BCUT2D eigenvalue weighted by molar-refractivity contribution is 6.45. The predicted molar refractivity (Wildman–Crippen MR) is 119 cm³/mol. The zero-order valence-electron chi connectivity index (χ0n) is 18.0. The van der Waals surface area contributed by atoms with E-state index in [-0.39, 0.29) is 17.7 Å². The van der Waals surface area contributed by atoms with Crippen molar-refractivity contribution >= 4 is 23.3 Å². The number of nitrogens with zero attached hydrogens (tertiary/aromatic N) is 3. The summed E-state index contributed by atoms with van der Waals surface area (Å²) >= 11 is 0. The van der Waals surface area contributed by atoms with Crippen LogP contribution in [0.2, 0.25) is 0 Å². The summed E-state index contributed by atoms with van der Waals surface area (Å²) in [6.45, 7) is 7.38. The second-order valence-corrected chi connectivity index (χ2v) is 8.18. The molecule has 0 unspecified atom stereocenters. The van der Waals surface area contributed by atoms with Gasteiger partial charge in [-0.15, -0.1) is 0 Å². The maximum atomic E-state index is 12.7. The van der Waals surface area contributed by atoms with Crippen LogP contribution in [0.15, 0.2) is 12.1 Å². The summed E-state index contributed by atoms with van der Waals surface area (Å²) in [5.41, 5.74) is 0.548. The van der Waals surface area contributed by atoms with Gasteiger partial charge in [0.05, 0.1) is 0 Å². The Hall–Kier alpha value is -2.15. The first kappa shape index (κ1) is 21.6. The number of carbonyl (C=O) groups is 1. The summed E-state index contributed by atoms with van der Waals surface area (Å²) in [5, 5.41) is 14.6. The number of aromatic nitrogens is 1. The Kier molecular flexibility index (Phi) is 7.86. The van der Waals surface area contributed by atoms with Crippen molar-refractivity contribution in [2.75, 3.05) is 50.0 Å². The van der Waals surface area contributed by atoms with Crippen LogP contribution in [0.4, 0.5) is 11.6 Å². The Labute approximate surface area is 174 Å². The van der Waals surface area contributed by atoms with E-state index >= 15 is 0 Å². The molecule has 2 aliphatic heterocycles. The van der Waals surface area contributed by atoms with Crippen LogP contribution in [0.25, 0.3) is 0 Å². The van der Waals surface area contributed by atoms with Gasteiger partial charge in [-0.05, 0) is 50.8 Å². The van der Waals surface area contributed by atoms with Crippen molar-refractivity contribution in [1.82, 2.24) is 15.2 Å². The van der Waals surface area contributed by atoms with Crippen molar-refractivity contribution in [1.29, 1.82) is 5.41 Å². The predicted octanol–water partition coefficient (Wildman–Crippen LogP) is 2.86. The number of hydrogen-bond donors (Lipinski definition) is 3. The van der Waals surface area contributed by atoms with Crippen LogP contribution >= 0.6 is 0 Å². The molecule has 0 saturated carbocycles. The van der Waals surface area contributed by atoms with E-state index in [0.29, 0.717) is 11.4 Å². The largest absolute Gasteiger partial charge is 0.373 e. The second-order valence-electron chi connectivity index (χ2n) is 8.18. The van der Waals surface area contributed by atoms with Crippen molar-refractivity contribution < 1.29 is 4.79 Å². The molecular formula is C22H36N6O. The van der Waals surface area contributed by atoms with Crippen LogP contribution < -0.4 is 15.5 Å². The quantitative estimate of drug-likeness (QED) is 0.613. The molecule has 7 nitrogen and oxygen atoms in total. The molecule has 1 aromatic heterocycles. The van der Waals surface area contributed by atoms with Crippen molar-refractivity contribution in [2.24, 2.45) is 0 Å². The fraction of sp³-hybridized carbons (Fsp3) is 0.682. The van der Waals surface area contributed by atoms with Gasteiger partial charge in [0.15, 0.2) is 0 Å². The molecule has 0 spiro atoms. The fourth-order valence-electron chi connectivity index (χ4n) is 4.31. The fourth-order valence-corrected chi connectivity index (χ4v) is 4.31. The van der Waals surface area contributed by atoms with Crippen molar-refractivity contribution in [3.63, 3.8) is 0 Å².